The quantitative estimate of drug-likeness (QED) is 0.386. The number of anilines is 1. The molecule has 8 heteroatoms. The summed E-state index contributed by atoms with van der Waals surface area (Å²) in [5.41, 5.74) is 3.30. The molecule has 0 aliphatic carbocycles. The monoisotopic (exact) mass is 451 g/mol. The van der Waals surface area contributed by atoms with Gasteiger partial charge in [0.1, 0.15) is 0 Å². The maximum absolute atomic E-state index is 12.4. The summed E-state index contributed by atoms with van der Waals surface area (Å²) >= 11 is 2.86. The van der Waals surface area contributed by atoms with Gasteiger partial charge in [-0.25, -0.2) is 4.98 Å². The first-order valence-corrected chi connectivity index (χ1v) is 12.0. The van der Waals surface area contributed by atoms with Crippen LogP contribution in [0.5, 0.6) is 0 Å². The molecular formula is C23H25N5OS2. The van der Waals surface area contributed by atoms with Gasteiger partial charge in [-0.1, -0.05) is 80.3 Å². The highest BCUT2D eigenvalue weighted by molar-refractivity contribution is 7.99. The standard InChI is InChI=1S/C23H25N5OS2/c1-5-28-20(15-10-12-16(13-11-15)23(2,3)4)26-27-22(28)30-14-19(29)25-21-24-17-8-6-7-9-18(17)31-21/h6-13H,5,14H2,1-4H3,(H,24,25,29). The van der Waals surface area contributed by atoms with E-state index in [9.17, 15) is 4.79 Å². The lowest BCUT2D eigenvalue weighted by Crippen LogP contribution is -2.14. The van der Waals surface area contributed by atoms with Crippen LogP contribution in [-0.2, 0) is 16.8 Å². The van der Waals surface area contributed by atoms with Gasteiger partial charge in [0.05, 0.1) is 16.0 Å². The lowest BCUT2D eigenvalue weighted by Gasteiger charge is -2.19. The van der Waals surface area contributed by atoms with Crippen LogP contribution in [0, 0.1) is 0 Å². The number of rotatable bonds is 6. The molecule has 0 spiro atoms. The van der Waals surface area contributed by atoms with Gasteiger partial charge in [-0.15, -0.1) is 10.2 Å². The van der Waals surface area contributed by atoms with Crippen LogP contribution in [-0.4, -0.2) is 31.4 Å². The van der Waals surface area contributed by atoms with Crippen molar-refractivity contribution in [1.29, 1.82) is 0 Å². The lowest BCUT2D eigenvalue weighted by atomic mass is 9.87. The number of amides is 1. The number of carbonyl (C=O) groups excluding carboxylic acids is 1. The fourth-order valence-corrected chi connectivity index (χ4v) is 4.91. The largest absolute Gasteiger partial charge is 0.302 e. The predicted molar refractivity (Wildman–Crippen MR) is 129 cm³/mol. The first kappa shape index (κ1) is 21.5. The number of nitrogens with one attached hydrogen (secondary N) is 1. The van der Waals surface area contributed by atoms with Crippen LogP contribution in [0.15, 0.2) is 53.7 Å². The highest BCUT2D eigenvalue weighted by atomic mass is 32.2. The average molecular weight is 452 g/mol. The van der Waals surface area contributed by atoms with Gasteiger partial charge in [0.15, 0.2) is 16.1 Å². The van der Waals surface area contributed by atoms with Crippen molar-refractivity contribution < 1.29 is 4.79 Å². The molecule has 31 heavy (non-hydrogen) atoms. The number of fused-ring (bicyclic) bond motifs is 1. The second-order valence-electron chi connectivity index (χ2n) is 8.20. The molecule has 2 heterocycles. The van der Waals surface area contributed by atoms with Crippen molar-refractivity contribution in [3.8, 4) is 11.4 Å². The van der Waals surface area contributed by atoms with E-state index in [1.54, 1.807) is 0 Å². The summed E-state index contributed by atoms with van der Waals surface area (Å²) in [7, 11) is 0. The third-order valence-electron chi connectivity index (χ3n) is 4.91. The van der Waals surface area contributed by atoms with E-state index in [2.05, 4.69) is 72.5 Å². The van der Waals surface area contributed by atoms with E-state index in [-0.39, 0.29) is 17.1 Å². The third kappa shape index (κ3) is 4.80. The number of para-hydroxylation sites is 1. The fourth-order valence-electron chi connectivity index (χ4n) is 3.22. The van der Waals surface area contributed by atoms with E-state index in [1.165, 1.54) is 28.7 Å². The van der Waals surface area contributed by atoms with Gasteiger partial charge in [-0.3, -0.25) is 4.79 Å². The van der Waals surface area contributed by atoms with Crippen LogP contribution in [0.2, 0.25) is 0 Å². The van der Waals surface area contributed by atoms with E-state index < -0.39 is 0 Å². The van der Waals surface area contributed by atoms with E-state index >= 15 is 0 Å². The zero-order chi connectivity index (χ0) is 22.0. The van der Waals surface area contributed by atoms with Crippen molar-refractivity contribution >= 4 is 44.4 Å². The zero-order valence-electron chi connectivity index (χ0n) is 18.0. The van der Waals surface area contributed by atoms with Crippen molar-refractivity contribution in [3.05, 3.63) is 54.1 Å². The Bertz CT molecular complexity index is 1170. The Morgan fingerprint density at radius 2 is 1.84 bits per heavy atom. The van der Waals surface area contributed by atoms with Crippen molar-refractivity contribution in [3.63, 3.8) is 0 Å². The number of thioether (sulfide) groups is 1. The van der Waals surface area contributed by atoms with E-state index in [0.717, 1.165) is 33.3 Å². The van der Waals surface area contributed by atoms with Crippen molar-refractivity contribution in [2.45, 2.75) is 44.8 Å². The molecule has 0 bridgehead atoms. The minimum absolute atomic E-state index is 0.106. The van der Waals surface area contributed by atoms with Crippen LogP contribution in [0.4, 0.5) is 5.13 Å². The first-order chi connectivity index (χ1) is 14.8. The molecule has 0 saturated carbocycles. The maximum Gasteiger partial charge on any atom is 0.236 e. The number of thiazole rings is 1. The molecule has 0 aliphatic heterocycles. The van der Waals surface area contributed by atoms with Crippen LogP contribution in [0.3, 0.4) is 0 Å². The predicted octanol–water partition coefficient (Wildman–Crippen LogP) is 5.60. The highest BCUT2D eigenvalue weighted by Gasteiger charge is 2.17. The molecule has 2 aromatic carbocycles. The van der Waals surface area contributed by atoms with Crippen LogP contribution >= 0.6 is 23.1 Å². The molecule has 0 fully saturated rings. The van der Waals surface area contributed by atoms with Gasteiger partial charge in [-0.2, -0.15) is 0 Å². The molecule has 0 radical (unpaired) electrons. The number of aromatic nitrogens is 4. The molecule has 0 unspecified atom stereocenters. The Kier molecular flexibility index (Phi) is 6.11. The van der Waals surface area contributed by atoms with Gasteiger partial charge in [0.2, 0.25) is 5.91 Å². The number of benzene rings is 2. The van der Waals surface area contributed by atoms with Crippen LogP contribution in [0.25, 0.3) is 21.6 Å². The molecule has 1 amide bonds. The summed E-state index contributed by atoms with van der Waals surface area (Å²) in [6.45, 7) is 9.38. The van der Waals surface area contributed by atoms with Gasteiger partial charge in [-0.05, 0) is 30.0 Å². The van der Waals surface area contributed by atoms with Gasteiger partial charge in [0.25, 0.3) is 0 Å². The fraction of sp³-hybridized carbons (Fsp3) is 0.304. The normalized spacial score (nSPS) is 11.7. The minimum Gasteiger partial charge on any atom is -0.302 e. The lowest BCUT2D eigenvalue weighted by molar-refractivity contribution is -0.113. The van der Waals surface area contributed by atoms with Gasteiger partial charge in [0, 0.05) is 12.1 Å². The molecule has 4 aromatic rings. The van der Waals surface area contributed by atoms with E-state index in [1.807, 2.05) is 28.8 Å². The van der Waals surface area contributed by atoms with Crippen molar-refractivity contribution in [2.75, 3.05) is 11.1 Å². The minimum atomic E-state index is -0.106. The van der Waals surface area contributed by atoms with Crippen molar-refractivity contribution in [2.24, 2.45) is 0 Å². The number of nitrogens with zero attached hydrogens (tertiary/aromatic N) is 4. The molecule has 0 atom stereocenters. The number of carbonyl (C=O) groups is 1. The molecule has 160 valence electrons. The second kappa shape index (κ2) is 8.80. The Hall–Kier alpha value is -2.71. The Morgan fingerprint density at radius 3 is 2.52 bits per heavy atom. The summed E-state index contributed by atoms with van der Waals surface area (Å²) in [6, 6.07) is 16.3. The molecule has 4 rings (SSSR count). The summed E-state index contributed by atoms with van der Waals surface area (Å²) in [6.07, 6.45) is 0. The third-order valence-corrected chi connectivity index (χ3v) is 6.83. The number of hydrogen-bond acceptors (Lipinski definition) is 6. The van der Waals surface area contributed by atoms with Crippen molar-refractivity contribution in [1.82, 2.24) is 19.7 Å². The summed E-state index contributed by atoms with van der Waals surface area (Å²) in [5.74, 6) is 0.958. The molecular weight excluding hydrogens is 426 g/mol. The smallest absolute Gasteiger partial charge is 0.236 e. The zero-order valence-corrected chi connectivity index (χ0v) is 19.7. The summed E-state index contributed by atoms with van der Waals surface area (Å²) < 4.78 is 3.10. The molecule has 6 nitrogen and oxygen atoms in total. The van der Waals surface area contributed by atoms with E-state index in [4.69, 9.17) is 0 Å². The Balaban J connectivity index is 1.44. The molecule has 0 saturated heterocycles. The van der Waals surface area contributed by atoms with Crippen LogP contribution in [0.1, 0.15) is 33.3 Å². The Labute approximate surface area is 190 Å². The molecule has 1 N–H and O–H groups in total. The first-order valence-electron chi connectivity index (χ1n) is 10.2. The molecule has 0 aliphatic rings. The van der Waals surface area contributed by atoms with Crippen LogP contribution < -0.4 is 5.32 Å². The maximum atomic E-state index is 12.4. The summed E-state index contributed by atoms with van der Waals surface area (Å²) in [5, 5.41) is 13.0. The van der Waals surface area contributed by atoms with Gasteiger partial charge < -0.3 is 9.88 Å². The molecule has 2 aromatic heterocycles. The SMILES string of the molecule is CCn1c(SCC(=O)Nc2nc3ccccc3s2)nnc1-c1ccc(C(C)(C)C)cc1. The highest BCUT2D eigenvalue weighted by Crippen LogP contribution is 2.28. The average Bonchev–Trinajstić information content (AvgIpc) is 3.34. The second-order valence-corrected chi connectivity index (χ2v) is 10.2. The van der Waals surface area contributed by atoms with Gasteiger partial charge >= 0.3 is 0 Å². The topological polar surface area (TPSA) is 72.7 Å². The Morgan fingerprint density at radius 1 is 1.10 bits per heavy atom. The summed E-state index contributed by atoms with van der Waals surface area (Å²) in [4.78, 5) is 16.9. The number of hydrogen-bond donors (Lipinski definition) is 1. The van der Waals surface area contributed by atoms with E-state index in [0.29, 0.717) is 5.13 Å².